The van der Waals surface area contributed by atoms with Crippen LogP contribution in [0.4, 0.5) is 5.69 Å². The van der Waals surface area contributed by atoms with Gasteiger partial charge in [0.25, 0.3) is 11.7 Å². The summed E-state index contributed by atoms with van der Waals surface area (Å²) in [5, 5.41) is 11.2. The number of Topliss-reactive ketones (excluding diaryl/α,β-unsaturated/α-hetero) is 1. The fourth-order valence-electron chi connectivity index (χ4n) is 4.61. The van der Waals surface area contributed by atoms with Gasteiger partial charge in [-0.3, -0.25) is 14.5 Å². The minimum atomic E-state index is -0.661. The van der Waals surface area contributed by atoms with E-state index in [-0.39, 0.29) is 11.3 Å². The number of anilines is 1. The van der Waals surface area contributed by atoms with Crippen molar-refractivity contribution in [2.24, 2.45) is 0 Å². The van der Waals surface area contributed by atoms with Crippen LogP contribution in [0.25, 0.3) is 5.76 Å². The quantitative estimate of drug-likeness (QED) is 0.354. The van der Waals surface area contributed by atoms with Crippen LogP contribution in [0.1, 0.15) is 23.6 Å². The Kier molecular flexibility index (Phi) is 7.73. The van der Waals surface area contributed by atoms with Gasteiger partial charge in [0, 0.05) is 51.5 Å². The number of hydrogen-bond donors (Lipinski definition) is 1. The van der Waals surface area contributed by atoms with E-state index in [0.717, 1.165) is 37.3 Å². The molecule has 2 aliphatic heterocycles. The molecule has 2 aliphatic rings. The molecule has 2 aromatic rings. The van der Waals surface area contributed by atoms with Gasteiger partial charge in [0.05, 0.1) is 31.9 Å². The zero-order valence-electron chi connectivity index (χ0n) is 20.6. The molecule has 1 amide bonds. The monoisotopic (exact) mass is 479 g/mol. The largest absolute Gasteiger partial charge is 0.507 e. The topological polar surface area (TPSA) is 82.5 Å². The maximum atomic E-state index is 13.2. The van der Waals surface area contributed by atoms with Gasteiger partial charge >= 0.3 is 0 Å². The summed E-state index contributed by atoms with van der Waals surface area (Å²) < 4.78 is 10.6. The third kappa shape index (κ3) is 5.33. The molecule has 0 saturated carbocycles. The number of aliphatic hydroxyl groups excluding tert-OH is 1. The van der Waals surface area contributed by atoms with Crippen molar-refractivity contribution in [3.05, 3.63) is 65.2 Å². The van der Waals surface area contributed by atoms with Crippen molar-refractivity contribution in [2.75, 3.05) is 65.5 Å². The molecule has 35 heavy (non-hydrogen) atoms. The zero-order chi connectivity index (χ0) is 24.9. The first-order valence-electron chi connectivity index (χ1n) is 11.9. The van der Waals surface area contributed by atoms with Gasteiger partial charge in [0.15, 0.2) is 0 Å². The Labute approximate surface area is 206 Å². The number of ketones is 1. The summed E-state index contributed by atoms with van der Waals surface area (Å²) in [5.41, 5.74) is 2.38. The van der Waals surface area contributed by atoms with E-state index in [1.165, 1.54) is 0 Å². The molecular formula is C27H33N3O5. The molecule has 0 bridgehead atoms. The number of amides is 1. The van der Waals surface area contributed by atoms with Crippen molar-refractivity contribution < 1.29 is 24.2 Å². The molecule has 8 heteroatoms. The van der Waals surface area contributed by atoms with E-state index in [9.17, 15) is 14.7 Å². The van der Waals surface area contributed by atoms with Gasteiger partial charge < -0.3 is 24.4 Å². The average molecular weight is 480 g/mol. The molecule has 0 aliphatic carbocycles. The first kappa shape index (κ1) is 24.8. The second-order valence-electron chi connectivity index (χ2n) is 9.01. The highest BCUT2D eigenvalue weighted by molar-refractivity contribution is 6.46. The number of rotatable bonds is 8. The van der Waals surface area contributed by atoms with Crippen molar-refractivity contribution >= 4 is 23.1 Å². The van der Waals surface area contributed by atoms with E-state index in [0.29, 0.717) is 31.1 Å². The lowest BCUT2D eigenvalue weighted by molar-refractivity contribution is -0.140. The lowest BCUT2D eigenvalue weighted by Crippen LogP contribution is -2.38. The minimum absolute atomic E-state index is 0.115. The normalized spacial score (nSPS) is 20.3. The molecule has 0 aromatic heterocycles. The summed E-state index contributed by atoms with van der Waals surface area (Å²) in [6.07, 6.45) is 0.724. The highest BCUT2D eigenvalue weighted by Crippen LogP contribution is 2.40. The first-order chi connectivity index (χ1) is 16.9. The molecule has 0 spiro atoms. The molecule has 2 aromatic carbocycles. The standard InChI is InChI=1S/C27H33N3O5/c1-28(2)21-9-5-19(6-10-21)24-23(25(31)20-7-11-22(34-3)12-8-20)26(32)27(33)30(24)14-4-13-29-15-17-35-18-16-29/h5-12,24,31H,4,13-18H2,1-3H3. The fourth-order valence-corrected chi connectivity index (χ4v) is 4.61. The van der Waals surface area contributed by atoms with Crippen LogP contribution in [0.5, 0.6) is 5.75 Å². The molecule has 186 valence electrons. The molecule has 8 nitrogen and oxygen atoms in total. The van der Waals surface area contributed by atoms with E-state index < -0.39 is 17.7 Å². The second-order valence-corrected chi connectivity index (χ2v) is 9.01. The molecule has 1 unspecified atom stereocenters. The Morgan fingerprint density at radius 2 is 1.69 bits per heavy atom. The Bertz CT molecular complexity index is 1070. The minimum Gasteiger partial charge on any atom is -0.507 e. The van der Waals surface area contributed by atoms with E-state index >= 15 is 0 Å². The van der Waals surface area contributed by atoms with Gasteiger partial charge in [-0.15, -0.1) is 0 Å². The van der Waals surface area contributed by atoms with E-state index in [1.54, 1.807) is 36.3 Å². The van der Waals surface area contributed by atoms with Gasteiger partial charge in [-0.05, 0) is 48.4 Å². The number of hydrogen-bond acceptors (Lipinski definition) is 7. The van der Waals surface area contributed by atoms with Crippen molar-refractivity contribution in [3.63, 3.8) is 0 Å². The number of likely N-dealkylation sites (tertiary alicyclic amines) is 1. The van der Waals surface area contributed by atoms with Crippen molar-refractivity contribution in [2.45, 2.75) is 12.5 Å². The number of carbonyl (C=O) groups excluding carboxylic acids is 2. The number of nitrogens with zero attached hydrogens (tertiary/aromatic N) is 3. The molecule has 2 saturated heterocycles. The maximum Gasteiger partial charge on any atom is 0.295 e. The number of aliphatic hydroxyl groups is 1. The smallest absolute Gasteiger partial charge is 0.295 e. The Morgan fingerprint density at radius 1 is 1.03 bits per heavy atom. The van der Waals surface area contributed by atoms with Crippen molar-refractivity contribution in [1.29, 1.82) is 0 Å². The van der Waals surface area contributed by atoms with Crippen LogP contribution in [0, 0.1) is 0 Å². The third-order valence-corrected chi connectivity index (χ3v) is 6.61. The molecule has 0 radical (unpaired) electrons. The maximum absolute atomic E-state index is 13.2. The van der Waals surface area contributed by atoms with Crippen LogP contribution < -0.4 is 9.64 Å². The summed E-state index contributed by atoms with van der Waals surface area (Å²) >= 11 is 0. The average Bonchev–Trinajstić information content (AvgIpc) is 3.14. The van der Waals surface area contributed by atoms with Gasteiger partial charge in [0.2, 0.25) is 0 Å². The molecule has 2 heterocycles. The van der Waals surface area contributed by atoms with Crippen molar-refractivity contribution in [1.82, 2.24) is 9.80 Å². The van der Waals surface area contributed by atoms with E-state index in [4.69, 9.17) is 9.47 Å². The lowest BCUT2D eigenvalue weighted by atomic mass is 9.95. The first-order valence-corrected chi connectivity index (χ1v) is 11.9. The van der Waals surface area contributed by atoms with Gasteiger partial charge in [0.1, 0.15) is 11.5 Å². The Morgan fingerprint density at radius 3 is 2.29 bits per heavy atom. The SMILES string of the molecule is COc1ccc(C(O)=C2C(=O)C(=O)N(CCCN3CCOCC3)C2c2ccc(N(C)C)cc2)cc1. The van der Waals surface area contributed by atoms with Crippen LogP contribution in [0.3, 0.4) is 0 Å². The summed E-state index contributed by atoms with van der Waals surface area (Å²) in [4.78, 5) is 32.3. The number of ether oxygens (including phenoxy) is 2. The van der Waals surface area contributed by atoms with E-state index in [1.807, 2.05) is 43.3 Å². The molecule has 1 atom stereocenters. The summed E-state index contributed by atoms with van der Waals surface area (Å²) in [5.74, 6) is -0.778. The van der Waals surface area contributed by atoms with Crippen LogP contribution in [-0.4, -0.2) is 87.2 Å². The number of benzene rings is 2. The molecule has 2 fully saturated rings. The fraction of sp³-hybridized carbons (Fsp3) is 0.407. The number of carbonyl (C=O) groups is 2. The van der Waals surface area contributed by atoms with Crippen LogP contribution in [-0.2, 0) is 14.3 Å². The second kappa shape index (κ2) is 10.9. The highest BCUT2D eigenvalue weighted by Gasteiger charge is 2.45. The van der Waals surface area contributed by atoms with Crippen LogP contribution in [0.2, 0.25) is 0 Å². The van der Waals surface area contributed by atoms with E-state index in [2.05, 4.69) is 4.90 Å². The summed E-state index contributed by atoms with van der Waals surface area (Å²) in [6.45, 7) is 4.39. The van der Waals surface area contributed by atoms with Gasteiger partial charge in [-0.2, -0.15) is 0 Å². The number of methoxy groups -OCH3 is 1. The summed E-state index contributed by atoms with van der Waals surface area (Å²) in [7, 11) is 5.47. The highest BCUT2D eigenvalue weighted by atomic mass is 16.5. The molecular weight excluding hydrogens is 446 g/mol. The molecule has 4 rings (SSSR count). The predicted molar refractivity (Wildman–Crippen MR) is 135 cm³/mol. The third-order valence-electron chi connectivity index (χ3n) is 6.61. The Balaban J connectivity index is 1.67. The van der Waals surface area contributed by atoms with Gasteiger partial charge in [-0.1, -0.05) is 12.1 Å². The molecule has 1 N–H and O–H groups in total. The van der Waals surface area contributed by atoms with Gasteiger partial charge in [-0.25, -0.2) is 0 Å². The van der Waals surface area contributed by atoms with Crippen LogP contribution in [0.15, 0.2) is 54.1 Å². The Hall–Kier alpha value is -3.36. The number of morpholine rings is 1. The predicted octanol–water partition coefficient (Wildman–Crippen LogP) is 2.91. The van der Waals surface area contributed by atoms with Crippen LogP contribution >= 0.6 is 0 Å². The van der Waals surface area contributed by atoms with Crippen molar-refractivity contribution in [3.8, 4) is 5.75 Å². The zero-order valence-corrected chi connectivity index (χ0v) is 20.6. The lowest BCUT2D eigenvalue weighted by Gasteiger charge is -2.29. The summed E-state index contributed by atoms with van der Waals surface area (Å²) in [6, 6.07) is 13.9.